The smallest absolute Gasteiger partial charge is 0.346 e. The highest BCUT2D eigenvalue weighted by molar-refractivity contribution is 6.30. The monoisotopic (exact) mass is 477 g/mol. The second-order valence-corrected chi connectivity index (χ2v) is 8.41. The van der Waals surface area contributed by atoms with E-state index in [0.29, 0.717) is 22.9 Å². The zero-order chi connectivity index (χ0) is 24.3. The Morgan fingerprint density at radius 1 is 1.09 bits per heavy atom. The topological polar surface area (TPSA) is 88.1 Å². The predicted molar refractivity (Wildman–Crippen MR) is 134 cm³/mol. The molecule has 1 heterocycles. The Labute approximate surface area is 205 Å². The Morgan fingerprint density at radius 2 is 1.76 bits per heavy atom. The molecule has 0 saturated heterocycles. The number of carbonyl (C=O) groups is 1. The molecule has 0 radical (unpaired) electrons. The lowest BCUT2D eigenvalue weighted by molar-refractivity contribution is -0.132. The Kier molecular flexibility index (Phi) is 9.30. The summed E-state index contributed by atoms with van der Waals surface area (Å²) in [5.41, 5.74) is 2.27. The van der Waals surface area contributed by atoms with E-state index in [9.17, 15) is 15.2 Å². The minimum Gasteiger partial charge on any atom is -0.494 e. The van der Waals surface area contributed by atoms with Gasteiger partial charge in [-0.15, -0.1) is 0 Å². The number of carboxylic acids is 1. The first-order valence-corrected chi connectivity index (χ1v) is 11.8. The van der Waals surface area contributed by atoms with Crippen LogP contribution in [-0.2, 0) is 4.79 Å². The SMILES string of the molecule is CCCCCCCCOc1ccc(-c2nn(-c3ccc(Cl)cc3)cc2/C=C(/C#N)C(=O)O)cc1. The van der Waals surface area contributed by atoms with Gasteiger partial charge in [0.2, 0.25) is 0 Å². The van der Waals surface area contributed by atoms with E-state index in [2.05, 4.69) is 12.0 Å². The molecular formula is C27H28ClN3O3. The molecule has 6 nitrogen and oxygen atoms in total. The number of hydrogen-bond donors (Lipinski definition) is 1. The Hall–Kier alpha value is -3.56. The van der Waals surface area contributed by atoms with Gasteiger partial charge in [-0.25, -0.2) is 9.48 Å². The molecule has 0 fully saturated rings. The van der Waals surface area contributed by atoms with E-state index in [1.165, 1.54) is 38.2 Å². The fourth-order valence-electron chi connectivity index (χ4n) is 3.52. The van der Waals surface area contributed by atoms with Crippen molar-refractivity contribution in [1.29, 1.82) is 5.26 Å². The summed E-state index contributed by atoms with van der Waals surface area (Å²) in [6, 6.07) is 16.4. The second-order valence-electron chi connectivity index (χ2n) is 7.97. The van der Waals surface area contributed by atoms with Crippen molar-refractivity contribution in [3.05, 3.63) is 70.9 Å². The lowest BCUT2D eigenvalue weighted by Gasteiger charge is -2.07. The quantitative estimate of drug-likeness (QED) is 0.174. The Balaban J connectivity index is 1.79. The van der Waals surface area contributed by atoms with Crippen LogP contribution in [0.5, 0.6) is 5.75 Å². The molecule has 2 aromatic carbocycles. The molecule has 0 unspecified atom stereocenters. The highest BCUT2D eigenvalue weighted by Crippen LogP contribution is 2.28. The van der Waals surface area contributed by atoms with Crippen molar-refractivity contribution in [3.63, 3.8) is 0 Å². The molecule has 0 aliphatic heterocycles. The Morgan fingerprint density at radius 3 is 2.41 bits per heavy atom. The minimum absolute atomic E-state index is 0.365. The van der Waals surface area contributed by atoms with E-state index in [0.717, 1.165) is 23.4 Å². The molecule has 3 aromatic rings. The van der Waals surface area contributed by atoms with Crippen LogP contribution in [0.15, 0.2) is 60.3 Å². The molecule has 1 aromatic heterocycles. The normalized spacial score (nSPS) is 11.3. The fourth-order valence-corrected chi connectivity index (χ4v) is 3.65. The van der Waals surface area contributed by atoms with Gasteiger partial charge in [0.05, 0.1) is 18.0 Å². The average Bonchev–Trinajstić information content (AvgIpc) is 3.26. The number of halogens is 1. The van der Waals surface area contributed by atoms with Gasteiger partial charge < -0.3 is 9.84 Å². The van der Waals surface area contributed by atoms with Crippen molar-refractivity contribution in [3.8, 4) is 28.8 Å². The van der Waals surface area contributed by atoms with Crippen molar-refractivity contribution in [2.45, 2.75) is 45.4 Å². The molecule has 0 amide bonds. The van der Waals surface area contributed by atoms with Gasteiger partial charge in [0.1, 0.15) is 17.4 Å². The third kappa shape index (κ3) is 6.97. The van der Waals surface area contributed by atoms with Gasteiger partial charge in [-0.05, 0) is 61.0 Å². The van der Waals surface area contributed by atoms with Gasteiger partial charge in [-0.2, -0.15) is 10.4 Å². The number of benzene rings is 2. The average molecular weight is 478 g/mol. The third-order valence-corrected chi connectivity index (χ3v) is 5.63. The van der Waals surface area contributed by atoms with Crippen LogP contribution in [0.25, 0.3) is 23.0 Å². The summed E-state index contributed by atoms with van der Waals surface area (Å²) in [5, 5.41) is 23.8. The summed E-state index contributed by atoms with van der Waals surface area (Å²) < 4.78 is 7.50. The maximum atomic E-state index is 11.4. The maximum Gasteiger partial charge on any atom is 0.346 e. The van der Waals surface area contributed by atoms with Crippen LogP contribution in [0.4, 0.5) is 0 Å². The predicted octanol–water partition coefficient (Wildman–Crippen LogP) is 6.92. The molecule has 176 valence electrons. The van der Waals surface area contributed by atoms with Gasteiger partial charge in [-0.3, -0.25) is 0 Å². The summed E-state index contributed by atoms with van der Waals surface area (Å²) in [6.07, 6.45) is 10.3. The molecule has 0 aliphatic rings. The van der Waals surface area contributed by atoms with Crippen LogP contribution in [0.1, 0.15) is 51.0 Å². The second kappa shape index (κ2) is 12.6. The largest absolute Gasteiger partial charge is 0.494 e. The van der Waals surface area contributed by atoms with Crippen molar-refractivity contribution in [2.24, 2.45) is 0 Å². The van der Waals surface area contributed by atoms with Crippen LogP contribution in [0.3, 0.4) is 0 Å². The van der Waals surface area contributed by atoms with Gasteiger partial charge in [0, 0.05) is 22.3 Å². The molecule has 34 heavy (non-hydrogen) atoms. The van der Waals surface area contributed by atoms with Gasteiger partial charge >= 0.3 is 5.97 Å². The summed E-state index contributed by atoms with van der Waals surface area (Å²) in [7, 11) is 0. The first kappa shape index (κ1) is 25.1. The maximum absolute atomic E-state index is 11.4. The number of aliphatic carboxylic acids is 1. The van der Waals surface area contributed by atoms with E-state index in [4.69, 9.17) is 16.3 Å². The van der Waals surface area contributed by atoms with Gasteiger partial charge in [0.25, 0.3) is 0 Å². The third-order valence-electron chi connectivity index (χ3n) is 5.38. The first-order valence-electron chi connectivity index (χ1n) is 11.5. The van der Waals surface area contributed by atoms with E-state index in [1.54, 1.807) is 29.1 Å². The Bertz CT molecular complexity index is 1160. The highest BCUT2D eigenvalue weighted by Gasteiger charge is 2.14. The number of unbranched alkanes of at least 4 members (excludes halogenated alkanes) is 5. The zero-order valence-corrected chi connectivity index (χ0v) is 20.0. The number of carboxylic acid groups (broad SMARTS) is 1. The standard InChI is InChI=1S/C27H28ClN3O3/c1-2-3-4-5-6-7-16-34-25-14-8-20(9-15-25)26-22(17-21(18-29)27(32)33)19-31(30-26)24-12-10-23(28)11-13-24/h8-15,17,19H,2-7,16H2,1H3,(H,32,33)/b21-17-. The van der Waals surface area contributed by atoms with E-state index >= 15 is 0 Å². The lowest BCUT2D eigenvalue weighted by atomic mass is 10.1. The van der Waals surface area contributed by atoms with Crippen LogP contribution in [0.2, 0.25) is 5.02 Å². The van der Waals surface area contributed by atoms with E-state index < -0.39 is 5.97 Å². The fraction of sp³-hybridized carbons (Fsp3) is 0.296. The molecule has 0 spiro atoms. The summed E-state index contributed by atoms with van der Waals surface area (Å²) in [4.78, 5) is 11.4. The minimum atomic E-state index is -1.29. The molecule has 0 aliphatic carbocycles. The van der Waals surface area contributed by atoms with Crippen LogP contribution in [0, 0.1) is 11.3 Å². The van der Waals surface area contributed by atoms with E-state index in [1.807, 2.05) is 36.4 Å². The zero-order valence-electron chi connectivity index (χ0n) is 19.2. The highest BCUT2D eigenvalue weighted by atomic mass is 35.5. The molecule has 0 saturated carbocycles. The molecular weight excluding hydrogens is 450 g/mol. The number of ether oxygens (including phenoxy) is 1. The number of hydrogen-bond acceptors (Lipinski definition) is 4. The summed E-state index contributed by atoms with van der Waals surface area (Å²) in [6.45, 7) is 2.89. The molecule has 7 heteroatoms. The van der Waals surface area contributed by atoms with Crippen molar-refractivity contribution in [2.75, 3.05) is 6.61 Å². The molecule has 1 N–H and O–H groups in total. The number of nitriles is 1. The number of rotatable bonds is 12. The van der Waals surface area contributed by atoms with Crippen LogP contribution in [-0.4, -0.2) is 27.5 Å². The van der Waals surface area contributed by atoms with Gasteiger partial charge in [-0.1, -0.05) is 50.6 Å². The van der Waals surface area contributed by atoms with Crippen molar-refractivity contribution in [1.82, 2.24) is 9.78 Å². The summed E-state index contributed by atoms with van der Waals surface area (Å²) in [5.74, 6) is -0.513. The first-order chi connectivity index (χ1) is 16.5. The van der Waals surface area contributed by atoms with Crippen molar-refractivity contribution >= 4 is 23.6 Å². The van der Waals surface area contributed by atoms with Crippen LogP contribution < -0.4 is 4.74 Å². The number of aromatic nitrogens is 2. The van der Waals surface area contributed by atoms with E-state index in [-0.39, 0.29) is 5.57 Å². The van der Waals surface area contributed by atoms with Crippen molar-refractivity contribution < 1.29 is 14.6 Å². The molecule has 3 rings (SSSR count). The number of nitrogens with zero attached hydrogens (tertiary/aromatic N) is 3. The lowest BCUT2D eigenvalue weighted by Crippen LogP contribution is -1.98. The molecule has 0 bridgehead atoms. The molecule has 0 atom stereocenters. The summed E-state index contributed by atoms with van der Waals surface area (Å²) >= 11 is 5.99. The van der Waals surface area contributed by atoms with Crippen LogP contribution >= 0.6 is 11.6 Å². The van der Waals surface area contributed by atoms with Gasteiger partial charge in [0.15, 0.2) is 0 Å².